The molecule has 17 heavy (non-hydrogen) atoms. The van der Waals surface area contributed by atoms with Crippen LogP contribution >= 0.6 is 0 Å². The number of hydrogen-bond acceptors (Lipinski definition) is 3. The highest BCUT2D eigenvalue weighted by molar-refractivity contribution is 5.19. The molecule has 1 aliphatic heterocycles. The summed E-state index contributed by atoms with van der Waals surface area (Å²) in [7, 11) is 1.99. The molecule has 1 atom stereocenters. The molecular weight excluding hydrogens is 210 g/mol. The molecular formula is C14H23N3. The quantitative estimate of drug-likeness (QED) is 0.845. The summed E-state index contributed by atoms with van der Waals surface area (Å²) >= 11 is 0. The van der Waals surface area contributed by atoms with Crippen molar-refractivity contribution in [2.24, 2.45) is 0 Å². The van der Waals surface area contributed by atoms with Gasteiger partial charge in [0.1, 0.15) is 0 Å². The molecule has 3 nitrogen and oxygen atoms in total. The van der Waals surface area contributed by atoms with E-state index in [-0.39, 0.29) is 0 Å². The Morgan fingerprint density at radius 1 is 1.53 bits per heavy atom. The highest BCUT2D eigenvalue weighted by Gasteiger charge is 2.23. The Bertz CT molecular complexity index is 351. The molecule has 1 N–H and O–H groups in total. The Balaban J connectivity index is 2.07. The van der Waals surface area contributed by atoms with Crippen LogP contribution in [0.4, 0.5) is 0 Å². The largest absolute Gasteiger partial charge is 0.316 e. The van der Waals surface area contributed by atoms with Crippen molar-refractivity contribution in [3.8, 4) is 0 Å². The molecule has 0 amide bonds. The summed E-state index contributed by atoms with van der Waals surface area (Å²) in [5, 5.41) is 3.22. The summed E-state index contributed by atoms with van der Waals surface area (Å²) in [6, 6.07) is 4.97. The number of hydrogen-bond donors (Lipinski definition) is 1. The summed E-state index contributed by atoms with van der Waals surface area (Å²) in [4.78, 5) is 7.13. The molecule has 1 aromatic rings. The van der Waals surface area contributed by atoms with E-state index in [1.54, 1.807) is 0 Å². The van der Waals surface area contributed by atoms with Gasteiger partial charge in [0.25, 0.3) is 0 Å². The van der Waals surface area contributed by atoms with Crippen LogP contribution < -0.4 is 5.32 Å². The van der Waals surface area contributed by atoms with Gasteiger partial charge in [-0.1, -0.05) is 13.0 Å². The fourth-order valence-electron chi connectivity index (χ4n) is 2.72. The third kappa shape index (κ3) is 3.05. The average Bonchev–Trinajstić information content (AvgIpc) is 2.79. The summed E-state index contributed by atoms with van der Waals surface area (Å²) in [5.41, 5.74) is 2.57. The fourth-order valence-corrected chi connectivity index (χ4v) is 2.72. The molecule has 1 aliphatic rings. The van der Waals surface area contributed by atoms with Gasteiger partial charge in [-0.3, -0.25) is 9.88 Å². The van der Waals surface area contributed by atoms with Crippen molar-refractivity contribution in [1.82, 2.24) is 15.2 Å². The van der Waals surface area contributed by atoms with Crippen molar-refractivity contribution >= 4 is 0 Å². The van der Waals surface area contributed by atoms with Crippen molar-refractivity contribution in [1.29, 1.82) is 0 Å². The molecule has 3 heteroatoms. The van der Waals surface area contributed by atoms with Crippen LogP contribution in [0.3, 0.4) is 0 Å². The van der Waals surface area contributed by atoms with E-state index in [4.69, 9.17) is 0 Å². The highest BCUT2D eigenvalue weighted by Crippen LogP contribution is 2.22. The normalized spacial score (nSPS) is 20.9. The van der Waals surface area contributed by atoms with Gasteiger partial charge < -0.3 is 5.32 Å². The maximum Gasteiger partial charge on any atom is 0.0588 e. The zero-order valence-corrected chi connectivity index (χ0v) is 10.9. The van der Waals surface area contributed by atoms with E-state index in [0.717, 1.165) is 19.1 Å². The molecule has 0 aromatic carbocycles. The second kappa shape index (κ2) is 6.12. The SMILES string of the molecule is CCC1CCCN1Cc1ncccc1CNC. The molecule has 0 radical (unpaired) electrons. The third-order valence-corrected chi connectivity index (χ3v) is 3.67. The zero-order valence-electron chi connectivity index (χ0n) is 10.9. The molecule has 94 valence electrons. The predicted molar refractivity (Wildman–Crippen MR) is 70.7 cm³/mol. The second-order valence-electron chi connectivity index (χ2n) is 4.81. The number of likely N-dealkylation sites (tertiary alicyclic amines) is 1. The lowest BCUT2D eigenvalue weighted by Gasteiger charge is -2.23. The smallest absolute Gasteiger partial charge is 0.0588 e. The van der Waals surface area contributed by atoms with Crippen molar-refractivity contribution in [3.63, 3.8) is 0 Å². The highest BCUT2D eigenvalue weighted by atomic mass is 15.2. The van der Waals surface area contributed by atoms with E-state index in [1.165, 1.54) is 37.1 Å². The van der Waals surface area contributed by atoms with Crippen LogP contribution in [0.15, 0.2) is 18.3 Å². The predicted octanol–water partition coefficient (Wildman–Crippen LogP) is 2.18. The van der Waals surface area contributed by atoms with Gasteiger partial charge in [-0.25, -0.2) is 0 Å². The molecule has 2 rings (SSSR count). The van der Waals surface area contributed by atoms with Crippen LogP contribution in [-0.2, 0) is 13.1 Å². The van der Waals surface area contributed by atoms with Crippen LogP contribution in [-0.4, -0.2) is 29.5 Å². The van der Waals surface area contributed by atoms with Gasteiger partial charge in [0, 0.05) is 25.3 Å². The Hall–Kier alpha value is -0.930. The first-order valence-electron chi connectivity index (χ1n) is 6.66. The lowest BCUT2D eigenvalue weighted by Crippen LogP contribution is -2.29. The van der Waals surface area contributed by atoms with Gasteiger partial charge in [-0.15, -0.1) is 0 Å². The lowest BCUT2D eigenvalue weighted by atomic mass is 10.1. The topological polar surface area (TPSA) is 28.2 Å². The molecule has 1 aromatic heterocycles. The molecule has 0 spiro atoms. The Kier molecular flexibility index (Phi) is 4.51. The first-order chi connectivity index (χ1) is 8.35. The number of aromatic nitrogens is 1. The molecule has 1 unspecified atom stereocenters. The maximum atomic E-state index is 4.55. The molecule has 0 aliphatic carbocycles. The third-order valence-electron chi connectivity index (χ3n) is 3.67. The molecule has 1 fully saturated rings. The number of rotatable bonds is 5. The standard InChI is InChI=1S/C14H23N3/c1-3-13-7-5-9-17(13)11-14-12(10-15-2)6-4-8-16-14/h4,6,8,13,15H,3,5,7,9-11H2,1-2H3. The molecule has 1 saturated heterocycles. The minimum absolute atomic E-state index is 0.763. The van der Waals surface area contributed by atoms with Gasteiger partial charge in [-0.2, -0.15) is 0 Å². The van der Waals surface area contributed by atoms with Crippen LogP contribution in [0, 0.1) is 0 Å². The number of nitrogens with one attached hydrogen (secondary N) is 1. The summed E-state index contributed by atoms with van der Waals surface area (Å²) in [6.45, 7) is 5.44. The summed E-state index contributed by atoms with van der Waals surface area (Å²) in [5.74, 6) is 0. The fraction of sp³-hybridized carbons (Fsp3) is 0.643. The van der Waals surface area contributed by atoms with Gasteiger partial charge in [0.15, 0.2) is 0 Å². The van der Waals surface area contributed by atoms with Crippen LogP contribution in [0.25, 0.3) is 0 Å². The van der Waals surface area contributed by atoms with Gasteiger partial charge in [0.2, 0.25) is 0 Å². The number of nitrogens with zero attached hydrogens (tertiary/aromatic N) is 2. The Labute approximate surface area is 104 Å². The maximum absolute atomic E-state index is 4.55. The van der Waals surface area contributed by atoms with Gasteiger partial charge >= 0.3 is 0 Å². The van der Waals surface area contributed by atoms with Gasteiger partial charge in [-0.05, 0) is 44.5 Å². The summed E-state index contributed by atoms with van der Waals surface area (Å²) < 4.78 is 0. The van der Waals surface area contributed by atoms with E-state index >= 15 is 0 Å². The second-order valence-corrected chi connectivity index (χ2v) is 4.81. The zero-order chi connectivity index (χ0) is 12.1. The lowest BCUT2D eigenvalue weighted by molar-refractivity contribution is 0.236. The average molecular weight is 233 g/mol. The van der Waals surface area contributed by atoms with Crippen molar-refractivity contribution in [2.75, 3.05) is 13.6 Å². The van der Waals surface area contributed by atoms with E-state index < -0.39 is 0 Å². The van der Waals surface area contributed by atoms with Crippen LogP contribution in [0.2, 0.25) is 0 Å². The Morgan fingerprint density at radius 2 is 2.41 bits per heavy atom. The van der Waals surface area contributed by atoms with Gasteiger partial charge in [0.05, 0.1) is 5.69 Å². The Morgan fingerprint density at radius 3 is 3.18 bits per heavy atom. The molecule has 0 saturated carbocycles. The summed E-state index contributed by atoms with van der Waals surface area (Å²) in [6.07, 6.45) is 5.86. The van der Waals surface area contributed by atoms with E-state index in [0.29, 0.717) is 0 Å². The van der Waals surface area contributed by atoms with Crippen molar-refractivity contribution in [2.45, 2.75) is 45.3 Å². The monoisotopic (exact) mass is 233 g/mol. The first-order valence-corrected chi connectivity index (χ1v) is 6.66. The van der Waals surface area contributed by atoms with Crippen molar-refractivity contribution in [3.05, 3.63) is 29.6 Å². The first kappa shape index (κ1) is 12.5. The minimum atomic E-state index is 0.763. The van der Waals surface area contributed by atoms with E-state index in [9.17, 15) is 0 Å². The van der Waals surface area contributed by atoms with Crippen molar-refractivity contribution < 1.29 is 0 Å². The van der Waals surface area contributed by atoms with E-state index in [1.807, 2.05) is 19.3 Å². The molecule has 0 bridgehead atoms. The number of pyridine rings is 1. The van der Waals surface area contributed by atoms with Crippen LogP contribution in [0.1, 0.15) is 37.4 Å². The minimum Gasteiger partial charge on any atom is -0.316 e. The van der Waals surface area contributed by atoms with Crippen LogP contribution in [0.5, 0.6) is 0 Å². The van der Waals surface area contributed by atoms with E-state index in [2.05, 4.69) is 28.2 Å². The molecule has 2 heterocycles.